The fraction of sp³-hybridized carbons (Fsp3) is 0.241. The summed E-state index contributed by atoms with van der Waals surface area (Å²) in [6.45, 7) is 5.16. The van der Waals surface area contributed by atoms with E-state index in [0.717, 1.165) is 25.2 Å². The molecule has 2 nitrogen and oxygen atoms in total. The number of unbranched alkanes of at least 4 members (excludes halogenated alkanes) is 1. The van der Waals surface area contributed by atoms with Crippen molar-refractivity contribution in [1.82, 2.24) is 5.32 Å². The molecule has 4 aromatic carbocycles. The first-order valence-electron chi connectivity index (χ1n) is 11.3. The third-order valence-corrected chi connectivity index (χ3v) is 5.82. The van der Waals surface area contributed by atoms with E-state index in [0.29, 0.717) is 0 Å². The first kappa shape index (κ1) is 21.1. The zero-order valence-corrected chi connectivity index (χ0v) is 18.4. The minimum Gasteiger partial charge on any atom is -0.493 e. The molecule has 0 aliphatic rings. The summed E-state index contributed by atoms with van der Waals surface area (Å²) in [6, 6.07) is 34.4. The highest BCUT2D eigenvalue weighted by molar-refractivity contribution is 5.88. The van der Waals surface area contributed by atoms with Gasteiger partial charge in [-0.1, -0.05) is 104 Å². The lowest BCUT2D eigenvalue weighted by atomic mass is 9.91. The Morgan fingerprint density at radius 3 is 2.10 bits per heavy atom. The van der Waals surface area contributed by atoms with Crippen molar-refractivity contribution < 1.29 is 4.74 Å². The Morgan fingerprint density at radius 2 is 1.39 bits per heavy atom. The average molecular weight is 410 g/mol. The second-order valence-electron chi connectivity index (χ2n) is 8.04. The maximum Gasteiger partial charge on any atom is 0.125 e. The monoisotopic (exact) mass is 409 g/mol. The molecular weight excluding hydrogens is 378 g/mol. The van der Waals surface area contributed by atoms with Gasteiger partial charge in [0, 0.05) is 11.6 Å². The molecule has 31 heavy (non-hydrogen) atoms. The summed E-state index contributed by atoms with van der Waals surface area (Å²) < 4.78 is 6.34. The topological polar surface area (TPSA) is 21.3 Å². The van der Waals surface area contributed by atoms with E-state index < -0.39 is 0 Å². The van der Waals surface area contributed by atoms with Crippen LogP contribution in [-0.4, -0.2) is 6.61 Å². The van der Waals surface area contributed by atoms with Gasteiger partial charge in [-0.15, -0.1) is 0 Å². The van der Waals surface area contributed by atoms with Gasteiger partial charge in [-0.25, -0.2) is 0 Å². The number of hydrogen-bond acceptors (Lipinski definition) is 2. The van der Waals surface area contributed by atoms with Gasteiger partial charge in [-0.2, -0.15) is 0 Å². The third-order valence-electron chi connectivity index (χ3n) is 5.82. The molecule has 158 valence electrons. The maximum absolute atomic E-state index is 6.34. The van der Waals surface area contributed by atoms with Crippen LogP contribution < -0.4 is 10.1 Å². The summed E-state index contributed by atoms with van der Waals surface area (Å²) in [4.78, 5) is 0. The van der Waals surface area contributed by atoms with Crippen molar-refractivity contribution in [3.05, 3.63) is 114 Å². The summed E-state index contributed by atoms with van der Waals surface area (Å²) in [5, 5.41) is 6.38. The van der Waals surface area contributed by atoms with Crippen molar-refractivity contribution in [2.45, 2.75) is 38.8 Å². The number of nitrogens with one attached hydrogen (secondary N) is 1. The van der Waals surface area contributed by atoms with Crippen LogP contribution in [0.2, 0.25) is 0 Å². The summed E-state index contributed by atoms with van der Waals surface area (Å²) >= 11 is 0. The largest absolute Gasteiger partial charge is 0.493 e. The lowest BCUT2D eigenvalue weighted by molar-refractivity contribution is 0.304. The van der Waals surface area contributed by atoms with E-state index in [9.17, 15) is 0 Å². The van der Waals surface area contributed by atoms with Crippen LogP contribution >= 0.6 is 0 Å². The fourth-order valence-electron chi connectivity index (χ4n) is 4.11. The molecule has 0 aliphatic carbocycles. The second kappa shape index (κ2) is 10.3. The first-order valence-corrected chi connectivity index (χ1v) is 11.3. The van der Waals surface area contributed by atoms with E-state index >= 15 is 0 Å². The Morgan fingerprint density at radius 1 is 0.742 bits per heavy atom. The predicted molar refractivity (Wildman–Crippen MR) is 131 cm³/mol. The van der Waals surface area contributed by atoms with E-state index in [1.807, 2.05) is 0 Å². The van der Waals surface area contributed by atoms with E-state index in [1.54, 1.807) is 0 Å². The molecule has 0 unspecified atom stereocenters. The van der Waals surface area contributed by atoms with Crippen molar-refractivity contribution >= 4 is 10.8 Å². The molecule has 0 fully saturated rings. The first-order chi connectivity index (χ1) is 15.3. The van der Waals surface area contributed by atoms with E-state index in [1.165, 1.54) is 27.5 Å². The van der Waals surface area contributed by atoms with Crippen LogP contribution in [0.15, 0.2) is 97.1 Å². The SMILES string of the molecule is CCCCOc1ccc2ccccc2c1[C@@H](N[C@@H](C)c1ccccc1)c1ccccc1. The van der Waals surface area contributed by atoms with Crippen LogP contribution in [0.1, 0.15) is 55.5 Å². The Labute approximate surface area is 185 Å². The summed E-state index contributed by atoms with van der Waals surface area (Å²) in [6.07, 6.45) is 2.17. The molecule has 0 aliphatic heterocycles. The Kier molecular flexibility index (Phi) is 7.01. The Bertz CT molecular complexity index is 1090. The van der Waals surface area contributed by atoms with Gasteiger partial charge in [0.05, 0.1) is 12.6 Å². The molecule has 0 aromatic heterocycles. The Balaban J connectivity index is 1.82. The van der Waals surface area contributed by atoms with Crippen molar-refractivity contribution in [2.75, 3.05) is 6.61 Å². The highest BCUT2D eigenvalue weighted by atomic mass is 16.5. The molecule has 2 heteroatoms. The highest BCUT2D eigenvalue weighted by Gasteiger charge is 2.23. The Hall–Kier alpha value is -3.10. The molecule has 0 heterocycles. The van der Waals surface area contributed by atoms with Gasteiger partial charge in [0.1, 0.15) is 5.75 Å². The summed E-state index contributed by atoms with van der Waals surface area (Å²) in [5.74, 6) is 0.966. The standard InChI is InChI=1S/C29H31NO/c1-3-4-21-31-27-20-19-24-15-11-12-18-26(24)28(27)29(25-16-9-6-10-17-25)30-22(2)23-13-7-5-8-14-23/h5-20,22,29-30H,3-4,21H2,1-2H3/t22-,29-/m0/s1. The van der Waals surface area contributed by atoms with Gasteiger partial charge in [-0.3, -0.25) is 5.32 Å². The number of rotatable bonds is 9. The molecule has 0 saturated carbocycles. The van der Waals surface area contributed by atoms with Crippen LogP contribution in [0.3, 0.4) is 0 Å². The van der Waals surface area contributed by atoms with Gasteiger partial charge in [0.25, 0.3) is 0 Å². The van der Waals surface area contributed by atoms with Crippen molar-refractivity contribution in [1.29, 1.82) is 0 Å². The van der Waals surface area contributed by atoms with Gasteiger partial charge in [0.15, 0.2) is 0 Å². The number of hydrogen-bond donors (Lipinski definition) is 1. The van der Waals surface area contributed by atoms with Gasteiger partial charge < -0.3 is 4.74 Å². The molecule has 0 saturated heterocycles. The number of fused-ring (bicyclic) bond motifs is 1. The van der Waals surface area contributed by atoms with Crippen LogP contribution in [0, 0.1) is 0 Å². The zero-order chi connectivity index (χ0) is 21.5. The second-order valence-corrected chi connectivity index (χ2v) is 8.04. The lowest BCUT2D eigenvalue weighted by Crippen LogP contribution is -2.26. The van der Waals surface area contributed by atoms with E-state index in [2.05, 4.69) is 116 Å². The molecule has 0 spiro atoms. The molecule has 0 amide bonds. The average Bonchev–Trinajstić information content (AvgIpc) is 2.84. The van der Waals surface area contributed by atoms with Crippen molar-refractivity contribution in [3.8, 4) is 5.75 Å². The van der Waals surface area contributed by atoms with Crippen LogP contribution in [-0.2, 0) is 0 Å². The maximum atomic E-state index is 6.34. The van der Waals surface area contributed by atoms with Crippen LogP contribution in [0.5, 0.6) is 5.75 Å². The molecule has 0 radical (unpaired) electrons. The number of benzene rings is 4. The lowest BCUT2D eigenvalue weighted by Gasteiger charge is -2.28. The number of ether oxygens (including phenoxy) is 1. The normalized spacial score (nSPS) is 13.1. The van der Waals surface area contributed by atoms with Gasteiger partial charge in [0.2, 0.25) is 0 Å². The molecule has 2 atom stereocenters. The van der Waals surface area contributed by atoms with Crippen LogP contribution in [0.25, 0.3) is 10.8 Å². The quantitative estimate of drug-likeness (QED) is 0.290. The fourth-order valence-corrected chi connectivity index (χ4v) is 4.11. The molecule has 4 aromatic rings. The predicted octanol–water partition coefficient (Wildman–Crippen LogP) is 7.46. The van der Waals surface area contributed by atoms with E-state index in [-0.39, 0.29) is 12.1 Å². The smallest absolute Gasteiger partial charge is 0.125 e. The zero-order valence-electron chi connectivity index (χ0n) is 18.4. The minimum atomic E-state index is 0.0131. The van der Waals surface area contributed by atoms with Crippen molar-refractivity contribution in [2.24, 2.45) is 0 Å². The van der Waals surface area contributed by atoms with E-state index in [4.69, 9.17) is 4.74 Å². The van der Waals surface area contributed by atoms with Crippen LogP contribution in [0.4, 0.5) is 0 Å². The minimum absolute atomic E-state index is 0.0131. The molecular formula is C29H31NO. The summed E-state index contributed by atoms with van der Waals surface area (Å²) in [5.41, 5.74) is 3.72. The van der Waals surface area contributed by atoms with Crippen molar-refractivity contribution in [3.63, 3.8) is 0 Å². The molecule has 1 N–H and O–H groups in total. The molecule has 0 bridgehead atoms. The third kappa shape index (κ3) is 4.98. The van der Waals surface area contributed by atoms with Gasteiger partial charge in [-0.05, 0) is 41.3 Å². The molecule has 4 rings (SSSR count). The van der Waals surface area contributed by atoms with Gasteiger partial charge >= 0.3 is 0 Å². The highest BCUT2D eigenvalue weighted by Crippen LogP contribution is 2.38. The summed E-state index contributed by atoms with van der Waals surface area (Å²) in [7, 11) is 0.